The first-order valence-electron chi connectivity index (χ1n) is 6.18. The Morgan fingerprint density at radius 2 is 1.90 bits per heavy atom. The van der Waals surface area contributed by atoms with Crippen LogP contribution in [-0.4, -0.2) is 31.7 Å². The van der Waals surface area contributed by atoms with E-state index in [-0.39, 0.29) is 13.1 Å². The Kier molecular flexibility index (Phi) is 4.24. The molecule has 0 radical (unpaired) electrons. The minimum absolute atomic E-state index is 0.0601. The molecule has 1 fully saturated rings. The van der Waals surface area contributed by atoms with Gasteiger partial charge in [-0.05, 0) is 25.0 Å². The van der Waals surface area contributed by atoms with E-state index in [4.69, 9.17) is 5.73 Å². The first-order valence-corrected chi connectivity index (χ1v) is 7.62. The summed E-state index contributed by atoms with van der Waals surface area (Å²) in [4.78, 5) is 10.2. The van der Waals surface area contributed by atoms with Crippen molar-refractivity contribution in [3.8, 4) is 0 Å². The summed E-state index contributed by atoms with van der Waals surface area (Å²) in [5, 5.41) is 0. The summed E-state index contributed by atoms with van der Waals surface area (Å²) in [6, 6.07) is 1.21. The van der Waals surface area contributed by atoms with E-state index in [1.165, 1.54) is 0 Å². The van der Waals surface area contributed by atoms with Gasteiger partial charge in [0.2, 0.25) is 15.9 Å². The SMILES string of the molecule is NC(=O)[C@@H]1CCCN(S(=O)(=O)c2ccc(F)c(F)c2F)C1. The van der Waals surface area contributed by atoms with Gasteiger partial charge in [0.05, 0.1) is 5.92 Å². The average molecular weight is 322 g/mol. The Labute approximate surface area is 119 Å². The quantitative estimate of drug-likeness (QED) is 0.843. The molecule has 9 heteroatoms. The second kappa shape index (κ2) is 5.64. The highest BCUT2D eigenvalue weighted by atomic mass is 32.2. The Balaban J connectivity index is 2.38. The van der Waals surface area contributed by atoms with Gasteiger partial charge in [-0.15, -0.1) is 0 Å². The third-order valence-electron chi connectivity index (χ3n) is 3.40. The highest BCUT2D eigenvalue weighted by Crippen LogP contribution is 2.27. The van der Waals surface area contributed by atoms with Gasteiger partial charge >= 0.3 is 0 Å². The third kappa shape index (κ3) is 2.88. The van der Waals surface area contributed by atoms with E-state index in [2.05, 4.69) is 0 Å². The maximum atomic E-state index is 13.7. The largest absolute Gasteiger partial charge is 0.369 e. The van der Waals surface area contributed by atoms with Crippen molar-refractivity contribution in [3.63, 3.8) is 0 Å². The Bertz CT molecular complexity index is 679. The Morgan fingerprint density at radius 3 is 2.52 bits per heavy atom. The van der Waals surface area contributed by atoms with Gasteiger partial charge in [-0.3, -0.25) is 4.79 Å². The number of halogens is 3. The number of sulfonamides is 1. The zero-order valence-electron chi connectivity index (χ0n) is 10.9. The first-order chi connectivity index (χ1) is 9.75. The number of benzene rings is 1. The van der Waals surface area contributed by atoms with Crippen molar-refractivity contribution < 1.29 is 26.4 Å². The molecule has 0 unspecified atom stereocenters. The van der Waals surface area contributed by atoms with Gasteiger partial charge in [0.1, 0.15) is 4.90 Å². The van der Waals surface area contributed by atoms with Crippen molar-refractivity contribution in [1.29, 1.82) is 0 Å². The van der Waals surface area contributed by atoms with Gasteiger partial charge < -0.3 is 5.73 Å². The summed E-state index contributed by atoms with van der Waals surface area (Å²) in [6.07, 6.45) is 0.805. The molecule has 5 nitrogen and oxygen atoms in total. The number of hydrogen-bond acceptors (Lipinski definition) is 3. The molecule has 1 heterocycles. The van der Waals surface area contributed by atoms with E-state index in [9.17, 15) is 26.4 Å². The summed E-state index contributed by atoms with van der Waals surface area (Å²) in [5.74, 6) is -6.42. The summed E-state index contributed by atoms with van der Waals surface area (Å²) in [5.41, 5.74) is 5.14. The molecule has 0 aliphatic carbocycles. The normalized spacial score (nSPS) is 20.4. The number of piperidine rings is 1. The molecule has 2 N–H and O–H groups in total. The van der Waals surface area contributed by atoms with Crippen LogP contribution in [0.25, 0.3) is 0 Å². The topological polar surface area (TPSA) is 80.5 Å². The number of nitrogens with two attached hydrogens (primary N) is 1. The second-order valence-electron chi connectivity index (χ2n) is 4.78. The summed E-state index contributed by atoms with van der Waals surface area (Å²) in [7, 11) is -4.35. The van der Waals surface area contributed by atoms with Crippen LogP contribution in [0.3, 0.4) is 0 Å². The van der Waals surface area contributed by atoms with Gasteiger partial charge in [-0.25, -0.2) is 21.6 Å². The highest BCUT2D eigenvalue weighted by molar-refractivity contribution is 7.89. The van der Waals surface area contributed by atoms with E-state index >= 15 is 0 Å². The van der Waals surface area contributed by atoms with Crippen LogP contribution in [0, 0.1) is 23.4 Å². The van der Waals surface area contributed by atoms with E-state index in [0.717, 1.165) is 4.31 Å². The summed E-state index contributed by atoms with van der Waals surface area (Å²) in [6.45, 7) is -0.138. The monoisotopic (exact) mass is 322 g/mol. The number of nitrogens with zero attached hydrogens (tertiary/aromatic N) is 1. The number of amides is 1. The lowest BCUT2D eigenvalue weighted by Gasteiger charge is -2.30. The van der Waals surface area contributed by atoms with Crippen LogP contribution in [0.15, 0.2) is 17.0 Å². The summed E-state index contributed by atoms with van der Waals surface area (Å²) < 4.78 is 65.1. The Morgan fingerprint density at radius 1 is 1.24 bits per heavy atom. The molecule has 2 rings (SSSR count). The molecule has 1 atom stereocenters. The predicted molar refractivity (Wildman–Crippen MR) is 67.0 cm³/mol. The van der Waals surface area contributed by atoms with E-state index in [0.29, 0.717) is 25.0 Å². The lowest BCUT2D eigenvalue weighted by Crippen LogP contribution is -2.44. The molecule has 1 amide bonds. The lowest BCUT2D eigenvalue weighted by molar-refractivity contribution is -0.122. The molecule has 21 heavy (non-hydrogen) atoms. The van der Waals surface area contributed by atoms with Crippen LogP contribution in [0.2, 0.25) is 0 Å². The average Bonchev–Trinajstić information content (AvgIpc) is 2.44. The van der Waals surface area contributed by atoms with Crippen LogP contribution in [0.5, 0.6) is 0 Å². The maximum absolute atomic E-state index is 13.7. The fourth-order valence-corrected chi connectivity index (χ4v) is 3.82. The number of carbonyl (C=O) groups is 1. The zero-order valence-corrected chi connectivity index (χ0v) is 11.7. The fraction of sp³-hybridized carbons (Fsp3) is 0.417. The van der Waals surface area contributed by atoms with Crippen LogP contribution >= 0.6 is 0 Å². The lowest BCUT2D eigenvalue weighted by atomic mass is 9.99. The number of hydrogen-bond donors (Lipinski definition) is 1. The molecule has 1 aromatic carbocycles. The van der Waals surface area contributed by atoms with Gasteiger partial charge in [0, 0.05) is 13.1 Å². The van der Waals surface area contributed by atoms with E-state index in [1.54, 1.807) is 0 Å². The van der Waals surface area contributed by atoms with Crippen molar-refractivity contribution in [1.82, 2.24) is 4.31 Å². The molecule has 0 bridgehead atoms. The Hall–Kier alpha value is -1.61. The first kappa shape index (κ1) is 15.8. The van der Waals surface area contributed by atoms with Crippen LogP contribution < -0.4 is 5.73 Å². The van der Waals surface area contributed by atoms with Gasteiger partial charge in [0.15, 0.2) is 17.5 Å². The standard InChI is InChI=1S/C12H13F3N2O3S/c13-8-3-4-9(11(15)10(8)14)21(19,20)17-5-1-2-7(6-17)12(16)18/h3-4,7H,1-2,5-6H2,(H2,16,18)/t7-/m1/s1. The van der Waals surface area contributed by atoms with Crippen molar-refractivity contribution >= 4 is 15.9 Å². The maximum Gasteiger partial charge on any atom is 0.246 e. The molecule has 1 aromatic rings. The van der Waals surface area contributed by atoms with Crippen molar-refractivity contribution in [2.45, 2.75) is 17.7 Å². The fourth-order valence-electron chi connectivity index (χ4n) is 2.24. The minimum Gasteiger partial charge on any atom is -0.369 e. The van der Waals surface area contributed by atoms with Crippen LogP contribution in [0.1, 0.15) is 12.8 Å². The number of primary amides is 1. The highest BCUT2D eigenvalue weighted by Gasteiger charge is 2.35. The molecule has 0 saturated carbocycles. The molecule has 0 aromatic heterocycles. The molecular formula is C12H13F3N2O3S. The van der Waals surface area contributed by atoms with Crippen molar-refractivity contribution in [2.75, 3.05) is 13.1 Å². The molecule has 0 spiro atoms. The molecule has 1 saturated heterocycles. The van der Waals surface area contributed by atoms with Crippen LogP contribution in [-0.2, 0) is 14.8 Å². The van der Waals surface area contributed by atoms with E-state index in [1.807, 2.05) is 0 Å². The number of rotatable bonds is 3. The third-order valence-corrected chi connectivity index (χ3v) is 5.29. The van der Waals surface area contributed by atoms with Crippen molar-refractivity contribution in [3.05, 3.63) is 29.6 Å². The van der Waals surface area contributed by atoms with E-state index < -0.39 is 44.2 Å². The number of carbonyl (C=O) groups excluding carboxylic acids is 1. The van der Waals surface area contributed by atoms with Gasteiger partial charge in [-0.1, -0.05) is 0 Å². The van der Waals surface area contributed by atoms with Crippen molar-refractivity contribution in [2.24, 2.45) is 11.7 Å². The molecule has 1 aliphatic heterocycles. The smallest absolute Gasteiger partial charge is 0.246 e. The minimum atomic E-state index is -4.35. The van der Waals surface area contributed by atoms with Gasteiger partial charge in [0.25, 0.3) is 0 Å². The molecular weight excluding hydrogens is 309 g/mol. The predicted octanol–water partition coefficient (Wildman–Crippen LogP) is 0.990. The second-order valence-corrected chi connectivity index (χ2v) is 6.68. The molecule has 1 aliphatic rings. The van der Waals surface area contributed by atoms with Crippen LogP contribution in [0.4, 0.5) is 13.2 Å². The molecule has 116 valence electrons. The summed E-state index contributed by atoms with van der Waals surface area (Å²) >= 11 is 0. The van der Waals surface area contributed by atoms with Gasteiger partial charge in [-0.2, -0.15) is 4.31 Å². The zero-order chi connectivity index (χ0) is 15.8.